The number of fused-ring (bicyclic) bond motifs is 1. The summed E-state index contributed by atoms with van der Waals surface area (Å²) in [6.45, 7) is 0. The Hall–Kier alpha value is -1.03. The van der Waals surface area contributed by atoms with Crippen LogP contribution in [0, 0.1) is 0 Å². The topological polar surface area (TPSA) is 48.1 Å². The molecule has 0 aliphatic heterocycles. The molecule has 1 aliphatic carbocycles. The van der Waals surface area contributed by atoms with Crippen molar-refractivity contribution in [3.05, 3.63) is 34.6 Å². The molecule has 20 heavy (non-hydrogen) atoms. The summed E-state index contributed by atoms with van der Waals surface area (Å²) in [4.78, 5) is 4.08. The van der Waals surface area contributed by atoms with Gasteiger partial charge in [-0.25, -0.2) is 0 Å². The first-order valence-electron chi connectivity index (χ1n) is 6.79. The number of ether oxygens (including phenoxy) is 1. The number of aromatic nitrogens is 1. The quantitative estimate of drug-likeness (QED) is 0.904. The second-order valence-corrected chi connectivity index (χ2v) is 6.04. The Bertz CT molecular complexity index is 625. The van der Waals surface area contributed by atoms with E-state index in [0.29, 0.717) is 21.8 Å². The van der Waals surface area contributed by atoms with Gasteiger partial charge in [-0.3, -0.25) is 4.98 Å². The number of rotatable bonds is 2. The average molecular weight is 311 g/mol. The predicted octanol–water partition coefficient (Wildman–Crippen LogP) is 4.19. The number of halogens is 2. The summed E-state index contributed by atoms with van der Waals surface area (Å²) in [5, 5.41) is 2.92. The maximum absolute atomic E-state index is 6.43. The van der Waals surface area contributed by atoms with Gasteiger partial charge in [0.1, 0.15) is 0 Å². The molecular weight excluding hydrogens is 295 g/mol. The van der Waals surface area contributed by atoms with Crippen molar-refractivity contribution < 1.29 is 4.74 Å². The minimum atomic E-state index is 0.143. The van der Waals surface area contributed by atoms with Crippen LogP contribution in [-0.2, 0) is 0 Å². The molecule has 0 saturated heterocycles. The normalized spacial score (nSPS) is 22.9. The van der Waals surface area contributed by atoms with E-state index in [4.69, 9.17) is 33.7 Å². The van der Waals surface area contributed by atoms with Gasteiger partial charge in [-0.1, -0.05) is 23.2 Å². The Balaban J connectivity index is 1.91. The molecule has 0 amide bonds. The zero-order chi connectivity index (χ0) is 14.1. The maximum atomic E-state index is 6.43. The highest BCUT2D eigenvalue weighted by Crippen LogP contribution is 2.40. The highest BCUT2D eigenvalue weighted by atomic mass is 35.5. The van der Waals surface area contributed by atoms with E-state index in [9.17, 15) is 0 Å². The summed E-state index contributed by atoms with van der Waals surface area (Å²) in [7, 11) is 0. The lowest BCUT2D eigenvalue weighted by Crippen LogP contribution is -2.31. The van der Waals surface area contributed by atoms with E-state index in [2.05, 4.69) is 4.98 Å². The van der Waals surface area contributed by atoms with E-state index in [1.807, 2.05) is 12.1 Å². The van der Waals surface area contributed by atoms with Crippen LogP contribution in [0.25, 0.3) is 10.8 Å². The summed E-state index contributed by atoms with van der Waals surface area (Å²) in [5.74, 6) is 0.576. The van der Waals surface area contributed by atoms with Gasteiger partial charge in [-0.2, -0.15) is 0 Å². The summed E-state index contributed by atoms with van der Waals surface area (Å²) >= 11 is 12.7. The van der Waals surface area contributed by atoms with Gasteiger partial charge in [0.2, 0.25) is 0 Å². The lowest BCUT2D eigenvalue weighted by atomic mass is 9.94. The molecule has 3 rings (SSSR count). The van der Waals surface area contributed by atoms with Crippen molar-refractivity contribution >= 4 is 34.0 Å². The summed E-state index contributed by atoms with van der Waals surface area (Å²) in [6.07, 6.45) is 7.46. The van der Waals surface area contributed by atoms with Crippen molar-refractivity contribution in [2.45, 2.75) is 37.8 Å². The van der Waals surface area contributed by atoms with Gasteiger partial charge in [-0.15, -0.1) is 0 Å². The zero-order valence-electron chi connectivity index (χ0n) is 11.0. The van der Waals surface area contributed by atoms with Crippen LogP contribution in [0.4, 0.5) is 0 Å². The van der Waals surface area contributed by atoms with E-state index in [0.717, 1.165) is 36.5 Å². The van der Waals surface area contributed by atoms with E-state index in [-0.39, 0.29) is 6.10 Å². The summed E-state index contributed by atoms with van der Waals surface area (Å²) in [5.41, 5.74) is 5.91. The fourth-order valence-corrected chi connectivity index (χ4v) is 3.26. The molecule has 0 spiro atoms. The lowest BCUT2D eigenvalue weighted by molar-refractivity contribution is 0.147. The largest absolute Gasteiger partial charge is 0.487 e. The van der Waals surface area contributed by atoms with Crippen LogP contribution in [0.5, 0.6) is 5.75 Å². The highest BCUT2D eigenvalue weighted by molar-refractivity contribution is 6.41. The monoisotopic (exact) mass is 310 g/mol. The molecule has 1 aromatic carbocycles. The molecule has 1 heterocycles. The molecule has 1 fully saturated rings. The summed E-state index contributed by atoms with van der Waals surface area (Å²) < 4.78 is 6.03. The van der Waals surface area contributed by atoms with Crippen LogP contribution in [0.15, 0.2) is 24.5 Å². The molecule has 1 aromatic heterocycles. The van der Waals surface area contributed by atoms with Crippen molar-refractivity contribution in [2.75, 3.05) is 0 Å². The second kappa shape index (κ2) is 5.76. The minimum Gasteiger partial charge on any atom is -0.487 e. The van der Waals surface area contributed by atoms with Gasteiger partial charge in [0.25, 0.3) is 0 Å². The molecular formula is C15H16Cl2N2O. The standard InChI is InChI=1S/C15H16Cl2N2O/c16-13-7-9-8-19-6-5-12(9)14(17)15(13)20-11-3-1-10(18)2-4-11/h5-8,10-11H,1-4,18H2/t10-,11-. The van der Waals surface area contributed by atoms with Gasteiger partial charge >= 0.3 is 0 Å². The molecule has 106 valence electrons. The van der Waals surface area contributed by atoms with Gasteiger partial charge in [-0.05, 0) is 37.8 Å². The first-order valence-corrected chi connectivity index (χ1v) is 7.54. The first kappa shape index (κ1) is 13.9. The number of hydrogen-bond donors (Lipinski definition) is 1. The maximum Gasteiger partial charge on any atom is 0.157 e. The molecule has 2 aromatic rings. The molecule has 0 atom stereocenters. The third kappa shape index (κ3) is 2.71. The fourth-order valence-electron chi connectivity index (χ4n) is 2.63. The molecule has 1 saturated carbocycles. The smallest absolute Gasteiger partial charge is 0.157 e. The van der Waals surface area contributed by atoms with Crippen LogP contribution in [0.1, 0.15) is 25.7 Å². The highest BCUT2D eigenvalue weighted by Gasteiger charge is 2.22. The number of benzene rings is 1. The molecule has 0 radical (unpaired) electrons. The molecule has 3 nitrogen and oxygen atoms in total. The second-order valence-electron chi connectivity index (χ2n) is 5.25. The van der Waals surface area contributed by atoms with Crippen molar-refractivity contribution in [1.29, 1.82) is 0 Å². The average Bonchev–Trinajstić information content (AvgIpc) is 2.45. The van der Waals surface area contributed by atoms with Crippen molar-refractivity contribution in [1.82, 2.24) is 4.98 Å². The van der Waals surface area contributed by atoms with Crippen molar-refractivity contribution in [3.8, 4) is 5.75 Å². The number of pyridine rings is 1. The fraction of sp³-hybridized carbons (Fsp3) is 0.400. The zero-order valence-corrected chi connectivity index (χ0v) is 12.5. The number of hydrogen-bond acceptors (Lipinski definition) is 3. The molecule has 2 N–H and O–H groups in total. The number of nitrogens with two attached hydrogens (primary N) is 1. The number of nitrogens with zero attached hydrogens (tertiary/aromatic N) is 1. The van der Waals surface area contributed by atoms with Gasteiger partial charge in [0.15, 0.2) is 5.75 Å². The molecule has 0 unspecified atom stereocenters. The van der Waals surface area contributed by atoms with Gasteiger partial charge in [0, 0.05) is 29.2 Å². The van der Waals surface area contributed by atoms with E-state index >= 15 is 0 Å². The van der Waals surface area contributed by atoms with E-state index in [1.54, 1.807) is 12.4 Å². The first-order chi connectivity index (χ1) is 9.65. The van der Waals surface area contributed by atoms with Crippen LogP contribution in [0.3, 0.4) is 0 Å². The Kier molecular flexibility index (Phi) is 4.01. The van der Waals surface area contributed by atoms with Crippen LogP contribution >= 0.6 is 23.2 Å². The Labute approximate surface area is 128 Å². The molecule has 0 bridgehead atoms. The van der Waals surface area contributed by atoms with E-state index < -0.39 is 0 Å². The Morgan fingerprint density at radius 1 is 1.20 bits per heavy atom. The van der Waals surface area contributed by atoms with Crippen LogP contribution in [-0.4, -0.2) is 17.1 Å². The lowest BCUT2D eigenvalue weighted by Gasteiger charge is -2.27. The molecule has 5 heteroatoms. The Morgan fingerprint density at radius 2 is 1.95 bits per heavy atom. The van der Waals surface area contributed by atoms with E-state index in [1.165, 1.54) is 0 Å². The molecule has 1 aliphatic rings. The van der Waals surface area contributed by atoms with Crippen molar-refractivity contribution in [2.24, 2.45) is 5.73 Å². The summed E-state index contributed by atoms with van der Waals surface area (Å²) in [6, 6.07) is 4.01. The predicted molar refractivity (Wildman–Crippen MR) is 82.6 cm³/mol. The SMILES string of the molecule is N[C@H]1CC[C@H](Oc2c(Cl)cc3cnccc3c2Cl)CC1. The van der Waals surface area contributed by atoms with Gasteiger partial charge in [0.05, 0.1) is 16.1 Å². The third-order valence-corrected chi connectivity index (χ3v) is 4.45. The Morgan fingerprint density at radius 3 is 2.70 bits per heavy atom. The van der Waals surface area contributed by atoms with Crippen LogP contribution < -0.4 is 10.5 Å². The minimum absolute atomic E-state index is 0.143. The van der Waals surface area contributed by atoms with Crippen molar-refractivity contribution in [3.63, 3.8) is 0 Å². The third-order valence-electron chi connectivity index (χ3n) is 3.79. The van der Waals surface area contributed by atoms with Crippen LogP contribution in [0.2, 0.25) is 10.0 Å². The van der Waals surface area contributed by atoms with Gasteiger partial charge < -0.3 is 10.5 Å².